The second-order valence-electron chi connectivity index (χ2n) is 5.68. The van der Waals surface area contributed by atoms with Crippen molar-refractivity contribution in [3.8, 4) is 0 Å². The first-order chi connectivity index (χ1) is 8.06. The molecule has 0 aromatic carbocycles. The first-order valence-electron chi connectivity index (χ1n) is 7.20. The van der Waals surface area contributed by atoms with Gasteiger partial charge in [0.25, 0.3) is 0 Å². The predicted octanol–water partition coefficient (Wildman–Crippen LogP) is 1.79. The maximum Gasteiger partial charge on any atom is 0.0218 e. The quantitative estimate of drug-likeness (QED) is 0.765. The van der Waals surface area contributed by atoms with E-state index in [1.807, 2.05) is 0 Å². The van der Waals surface area contributed by atoms with Gasteiger partial charge in [-0.1, -0.05) is 6.92 Å². The molecule has 3 heteroatoms. The number of likely N-dealkylation sites (N-methyl/N-ethyl adjacent to an activating group) is 1. The van der Waals surface area contributed by atoms with Crippen molar-refractivity contribution >= 4 is 0 Å². The number of hydrogen-bond donors (Lipinski definition) is 1. The molecule has 1 aliphatic heterocycles. The molecule has 1 rings (SSSR count). The topological polar surface area (TPSA) is 18.5 Å². The highest BCUT2D eigenvalue weighted by Gasteiger charge is 2.26. The molecule has 0 spiro atoms. The molecule has 0 aromatic heterocycles. The Morgan fingerprint density at radius 2 is 1.88 bits per heavy atom. The van der Waals surface area contributed by atoms with Gasteiger partial charge in [0.05, 0.1) is 0 Å². The molecule has 1 saturated heterocycles. The molecule has 2 unspecified atom stereocenters. The number of nitrogens with zero attached hydrogens (tertiary/aromatic N) is 2. The van der Waals surface area contributed by atoms with Crippen LogP contribution in [0.3, 0.4) is 0 Å². The summed E-state index contributed by atoms with van der Waals surface area (Å²) in [5.74, 6) is 0. The van der Waals surface area contributed by atoms with Crippen molar-refractivity contribution in [2.45, 2.75) is 58.2 Å². The van der Waals surface area contributed by atoms with Crippen molar-refractivity contribution < 1.29 is 0 Å². The van der Waals surface area contributed by atoms with Crippen molar-refractivity contribution in [2.24, 2.45) is 0 Å². The Balaban J connectivity index is 2.37. The maximum atomic E-state index is 3.61. The Bertz CT molecular complexity index is 200. The molecule has 1 aliphatic rings. The lowest BCUT2D eigenvalue weighted by Gasteiger charge is -2.40. The minimum atomic E-state index is 0.583. The van der Waals surface area contributed by atoms with E-state index in [-0.39, 0.29) is 0 Å². The molecule has 17 heavy (non-hydrogen) atoms. The van der Waals surface area contributed by atoms with Crippen LogP contribution in [0.15, 0.2) is 0 Å². The summed E-state index contributed by atoms with van der Waals surface area (Å²) in [7, 11) is 4.52. The highest BCUT2D eigenvalue weighted by molar-refractivity contribution is 4.84. The van der Waals surface area contributed by atoms with E-state index in [1.165, 1.54) is 32.4 Å². The van der Waals surface area contributed by atoms with Gasteiger partial charge in [0.15, 0.2) is 0 Å². The maximum absolute atomic E-state index is 3.61. The first-order valence-corrected chi connectivity index (χ1v) is 7.20. The van der Waals surface area contributed by atoms with Crippen LogP contribution in [0.5, 0.6) is 0 Å². The van der Waals surface area contributed by atoms with Gasteiger partial charge < -0.3 is 10.2 Å². The highest BCUT2D eigenvalue weighted by Crippen LogP contribution is 2.17. The van der Waals surface area contributed by atoms with Gasteiger partial charge in [-0.05, 0) is 66.8 Å². The van der Waals surface area contributed by atoms with Crippen LogP contribution in [0.2, 0.25) is 0 Å². The lowest BCUT2D eigenvalue weighted by atomic mass is 10.0. The smallest absolute Gasteiger partial charge is 0.0218 e. The Hall–Kier alpha value is -0.120. The molecule has 102 valence electrons. The van der Waals surface area contributed by atoms with Crippen LogP contribution in [0.25, 0.3) is 0 Å². The van der Waals surface area contributed by atoms with E-state index in [1.54, 1.807) is 0 Å². The van der Waals surface area contributed by atoms with Gasteiger partial charge in [-0.3, -0.25) is 4.90 Å². The van der Waals surface area contributed by atoms with Gasteiger partial charge in [0.2, 0.25) is 0 Å². The van der Waals surface area contributed by atoms with E-state index < -0.39 is 0 Å². The summed E-state index contributed by atoms with van der Waals surface area (Å²) in [5.41, 5.74) is 0. The van der Waals surface area contributed by atoms with E-state index in [2.05, 4.69) is 50.0 Å². The monoisotopic (exact) mass is 241 g/mol. The standard InChI is InChI=1S/C14H31N3/c1-6-9-15-12(2)13(3)17(5)14-7-10-16(4)11-8-14/h12-15H,6-11H2,1-5H3. The van der Waals surface area contributed by atoms with Crippen molar-refractivity contribution in [3.05, 3.63) is 0 Å². The van der Waals surface area contributed by atoms with E-state index in [0.29, 0.717) is 12.1 Å². The minimum absolute atomic E-state index is 0.583. The highest BCUT2D eigenvalue weighted by atomic mass is 15.2. The van der Waals surface area contributed by atoms with Gasteiger partial charge in [0, 0.05) is 18.1 Å². The molecule has 0 radical (unpaired) electrons. The van der Waals surface area contributed by atoms with E-state index in [0.717, 1.165) is 12.6 Å². The predicted molar refractivity (Wildman–Crippen MR) is 75.5 cm³/mol. The summed E-state index contributed by atoms with van der Waals surface area (Å²) in [6, 6.07) is 1.97. The summed E-state index contributed by atoms with van der Waals surface area (Å²) in [6.07, 6.45) is 3.85. The second kappa shape index (κ2) is 7.34. The van der Waals surface area contributed by atoms with E-state index in [9.17, 15) is 0 Å². The fourth-order valence-electron chi connectivity index (χ4n) is 2.63. The summed E-state index contributed by atoms with van der Waals surface area (Å²) >= 11 is 0. The molecular formula is C14H31N3. The van der Waals surface area contributed by atoms with Gasteiger partial charge in [-0.2, -0.15) is 0 Å². The number of rotatable bonds is 6. The Morgan fingerprint density at radius 3 is 2.41 bits per heavy atom. The number of nitrogens with one attached hydrogen (secondary N) is 1. The number of likely N-dealkylation sites (tertiary alicyclic amines) is 1. The molecule has 1 N–H and O–H groups in total. The van der Waals surface area contributed by atoms with Crippen LogP contribution in [0.4, 0.5) is 0 Å². The van der Waals surface area contributed by atoms with Crippen LogP contribution in [-0.4, -0.2) is 61.7 Å². The van der Waals surface area contributed by atoms with Crippen LogP contribution >= 0.6 is 0 Å². The van der Waals surface area contributed by atoms with Crippen molar-refractivity contribution in [3.63, 3.8) is 0 Å². The summed E-state index contributed by atoms with van der Waals surface area (Å²) in [5, 5.41) is 3.61. The molecule has 2 atom stereocenters. The van der Waals surface area contributed by atoms with Gasteiger partial charge in [0.1, 0.15) is 0 Å². The molecule has 0 saturated carbocycles. The van der Waals surface area contributed by atoms with Crippen LogP contribution < -0.4 is 5.32 Å². The number of hydrogen-bond acceptors (Lipinski definition) is 3. The summed E-state index contributed by atoms with van der Waals surface area (Å²) in [4.78, 5) is 5.02. The molecule has 3 nitrogen and oxygen atoms in total. The van der Waals surface area contributed by atoms with Gasteiger partial charge in [-0.25, -0.2) is 0 Å². The molecule has 0 aliphatic carbocycles. The van der Waals surface area contributed by atoms with Crippen molar-refractivity contribution in [1.82, 2.24) is 15.1 Å². The zero-order chi connectivity index (χ0) is 12.8. The number of piperidine rings is 1. The average molecular weight is 241 g/mol. The van der Waals surface area contributed by atoms with E-state index in [4.69, 9.17) is 0 Å². The normalized spacial score (nSPS) is 22.9. The molecule has 0 bridgehead atoms. The SMILES string of the molecule is CCCNC(C)C(C)N(C)C1CCN(C)CC1. The third-order valence-corrected chi connectivity index (χ3v) is 4.35. The summed E-state index contributed by atoms with van der Waals surface area (Å²) < 4.78 is 0. The third-order valence-electron chi connectivity index (χ3n) is 4.35. The lowest BCUT2D eigenvalue weighted by Crippen LogP contribution is -2.52. The summed E-state index contributed by atoms with van der Waals surface area (Å²) in [6.45, 7) is 10.5. The molecule has 1 heterocycles. The van der Waals surface area contributed by atoms with Crippen molar-refractivity contribution in [1.29, 1.82) is 0 Å². The van der Waals surface area contributed by atoms with E-state index >= 15 is 0 Å². The molecular weight excluding hydrogens is 210 g/mol. The molecule has 1 fully saturated rings. The average Bonchev–Trinajstić information content (AvgIpc) is 2.35. The lowest BCUT2D eigenvalue weighted by molar-refractivity contribution is 0.0985. The van der Waals surface area contributed by atoms with Crippen LogP contribution in [-0.2, 0) is 0 Å². The second-order valence-corrected chi connectivity index (χ2v) is 5.68. The minimum Gasteiger partial charge on any atom is -0.313 e. The third kappa shape index (κ3) is 4.57. The van der Waals surface area contributed by atoms with Gasteiger partial charge >= 0.3 is 0 Å². The first kappa shape index (κ1) is 14.9. The molecule has 0 amide bonds. The van der Waals surface area contributed by atoms with Gasteiger partial charge in [-0.15, -0.1) is 0 Å². The Labute approximate surface area is 108 Å². The fraction of sp³-hybridized carbons (Fsp3) is 1.00. The molecule has 0 aromatic rings. The zero-order valence-electron chi connectivity index (χ0n) is 12.4. The van der Waals surface area contributed by atoms with Crippen molar-refractivity contribution in [2.75, 3.05) is 33.7 Å². The fourth-order valence-corrected chi connectivity index (χ4v) is 2.63. The van der Waals surface area contributed by atoms with Crippen LogP contribution in [0.1, 0.15) is 40.0 Å². The Morgan fingerprint density at radius 1 is 1.29 bits per heavy atom. The largest absolute Gasteiger partial charge is 0.313 e. The zero-order valence-corrected chi connectivity index (χ0v) is 12.4. The Kier molecular flexibility index (Phi) is 6.45. The van der Waals surface area contributed by atoms with Crippen LogP contribution in [0, 0.1) is 0 Å².